The standard InChI is InChI=1S/C18H18N4O2/c1-3-22(4-2)18(23)14-10-8-13(9-11-14)17-20-16(21-24-17)15-7-5-6-12-19-15/h5-12H,3-4H2,1-2H3. The van der Waals surface area contributed by atoms with E-state index in [1.165, 1.54) is 0 Å². The molecule has 2 heterocycles. The number of carbonyl (C=O) groups is 1. The highest BCUT2D eigenvalue weighted by atomic mass is 16.5. The molecule has 0 aliphatic rings. The van der Waals surface area contributed by atoms with Gasteiger partial charge < -0.3 is 9.42 Å². The maximum atomic E-state index is 12.3. The fourth-order valence-corrected chi connectivity index (χ4v) is 2.39. The molecule has 0 unspecified atom stereocenters. The molecule has 24 heavy (non-hydrogen) atoms. The predicted molar refractivity (Wildman–Crippen MR) is 90.2 cm³/mol. The zero-order valence-electron chi connectivity index (χ0n) is 13.6. The second-order valence-corrected chi connectivity index (χ2v) is 5.19. The van der Waals surface area contributed by atoms with E-state index in [0.29, 0.717) is 36.1 Å². The van der Waals surface area contributed by atoms with Crippen molar-refractivity contribution in [2.75, 3.05) is 13.1 Å². The third-order valence-electron chi connectivity index (χ3n) is 3.75. The number of pyridine rings is 1. The van der Waals surface area contributed by atoms with Crippen molar-refractivity contribution in [2.45, 2.75) is 13.8 Å². The molecule has 0 N–H and O–H groups in total. The molecule has 0 saturated heterocycles. The molecule has 3 rings (SSSR count). The van der Waals surface area contributed by atoms with Gasteiger partial charge in [0.2, 0.25) is 5.82 Å². The molecule has 0 bridgehead atoms. The topological polar surface area (TPSA) is 72.1 Å². The van der Waals surface area contributed by atoms with Gasteiger partial charge in [-0.15, -0.1) is 0 Å². The zero-order chi connectivity index (χ0) is 16.9. The van der Waals surface area contributed by atoms with Gasteiger partial charge in [0.1, 0.15) is 5.69 Å². The summed E-state index contributed by atoms with van der Waals surface area (Å²) in [7, 11) is 0. The number of rotatable bonds is 5. The lowest BCUT2D eigenvalue weighted by Gasteiger charge is -2.18. The van der Waals surface area contributed by atoms with Crippen molar-refractivity contribution < 1.29 is 9.32 Å². The summed E-state index contributed by atoms with van der Waals surface area (Å²) >= 11 is 0. The molecule has 0 fully saturated rings. The number of amides is 1. The van der Waals surface area contributed by atoms with Gasteiger partial charge in [-0.25, -0.2) is 0 Å². The van der Waals surface area contributed by atoms with Gasteiger partial charge in [-0.1, -0.05) is 11.2 Å². The highest BCUT2D eigenvalue weighted by molar-refractivity contribution is 5.94. The number of nitrogens with zero attached hydrogens (tertiary/aromatic N) is 4. The lowest BCUT2D eigenvalue weighted by atomic mass is 10.1. The zero-order valence-corrected chi connectivity index (χ0v) is 13.6. The monoisotopic (exact) mass is 322 g/mol. The second-order valence-electron chi connectivity index (χ2n) is 5.19. The van der Waals surface area contributed by atoms with E-state index in [9.17, 15) is 4.79 Å². The lowest BCUT2D eigenvalue weighted by Crippen LogP contribution is -2.30. The molecule has 122 valence electrons. The molecular weight excluding hydrogens is 304 g/mol. The van der Waals surface area contributed by atoms with Crippen LogP contribution in [0.15, 0.2) is 53.2 Å². The van der Waals surface area contributed by atoms with E-state index in [0.717, 1.165) is 5.56 Å². The summed E-state index contributed by atoms with van der Waals surface area (Å²) < 4.78 is 5.30. The van der Waals surface area contributed by atoms with Crippen LogP contribution < -0.4 is 0 Å². The Balaban J connectivity index is 1.82. The molecular formula is C18H18N4O2. The van der Waals surface area contributed by atoms with Crippen LogP contribution >= 0.6 is 0 Å². The first-order valence-electron chi connectivity index (χ1n) is 7.87. The van der Waals surface area contributed by atoms with Crippen LogP contribution in [-0.4, -0.2) is 39.0 Å². The van der Waals surface area contributed by atoms with Crippen LogP contribution in [0.2, 0.25) is 0 Å². The normalized spacial score (nSPS) is 10.6. The third kappa shape index (κ3) is 3.17. The molecule has 0 aliphatic carbocycles. The minimum Gasteiger partial charge on any atom is -0.339 e. The fourth-order valence-electron chi connectivity index (χ4n) is 2.39. The third-order valence-corrected chi connectivity index (χ3v) is 3.75. The number of aromatic nitrogens is 3. The van der Waals surface area contributed by atoms with Crippen LogP contribution in [0, 0.1) is 0 Å². The van der Waals surface area contributed by atoms with Gasteiger partial charge in [-0.05, 0) is 50.2 Å². The van der Waals surface area contributed by atoms with Crippen molar-refractivity contribution in [3.63, 3.8) is 0 Å². The number of carbonyl (C=O) groups excluding carboxylic acids is 1. The first-order valence-corrected chi connectivity index (χ1v) is 7.87. The van der Waals surface area contributed by atoms with Gasteiger partial charge in [0.25, 0.3) is 11.8 Å². The van der Waals surface area contributed by atoms with Crippen molar-refractivity contribution in [2.24, 2.45) is 0 Å². The molecule has 6 nitrogen and oxygen atoms in total. The van der Waals surface area contributed by atoms with Crippen LogP contribution in [0.25, 0.3) is 23.0 Å². The minimum atomic E-state index is 0.0197. The van der Waals surface area contributed by atoms with E-state index in [1.54, 1.807) is 23.2 Å². The van der Waals surface area contributed by atoms with E-state index >= 15 is 0 Å². The van der Waals surface area contributed by atoms with Crippen molar-refractivity contribution in [3.8, 4) is 23.0 Å². The van der Waals surface area contributed by atoms with Gasteiger partial charge in [0, 0.05) is 30.4 Å². The van der Waals surface area contributed by atoms with Gasteiger partial charge in [0.05, 0.1) is 0 Å². The van der Waals surface area contributed by atoms with Crippen molar-refractivity contribution >= 4 is 5.91 Å². The number of hydrogen-bond donors (Lipinski definition) is 0. The first-order chi connectivity index (χ1) is 11.7. The molecule has 2 aromatic heterocycles. The minimum absolute atomic E-state index is 0.0197. The maximum Gasteiger partial charge on any atom is 0.258 e. The van der Waals surface area contributed by atoms with E-state index in [-0.39, 0.29) is 5.91 Å². The lowest BCUT2D eigenvalue weighted by molar-refractivity contribution is 0.0773. The van der Waals surface area contributed by atoms with Gasteiger partial charge >= 0.3 is 0 Å². The highest BCUT2D eigenvalue weighted by Crippen LogP contribution is 2.21. The summed E-state index contributed by atoms with van der Waals surface area (Å²) in [5.41, 5.74) is 2.06. The Hall–Kier alpha value is -3.02. The molecule has 1 amide bonds. The smallest absolute Gasteiger partial charge is 0.258 e. The molecule has 3 aromatic rings. The van der Waals surface area contributed by atoms with Crippen LogP contribution in [0.3, 0.4) is 0 Å². The molecule has 0 atom stereocenters. The van der Waals surface area contributed by atoms with Crippen LogP contribution in [0.4, 0.5) is 0 Å². The molecule has 0 spiro atoms. The van der Waals surface area contributed by atoms with E-state index in [4.69, 9.17) is 4.52 Å². The van der Waals surface area contributed by atoms with E-state index in [2.05, 4.69) is 15.1 Å². The summed E-state index contributed by atoms with van der Waals surface area (Å²) in [4.78, 5) is 22.6. The molecule has 0 radical (unpaired) electrons. The Bertz CT molecular complexity index is 809. The Morgan fingerprint density at radius 1 is 1.08 bits per heavy atom. The SMILES string of the molecule is CCN(CC)C(=O)c1ccc(-c2nc(-c3ccccn3)no2)cc1. The largest absolute Gasteiger partial charge is 0.339 e. The van der Waals surface area contributed by atoms with Crippen molar-refractivity contribution in [1.29, 1.82) is 0 Å². The van der Waals surface area contributed by atoms with Gasteiger partial charge in [-0.3, -0.25) is 9.78 Å². The summed E-state index contributed by atoms with van der Waals surface area (Å²) in [6, 6.07) is 12.7. The molecule has 6 heteroatoms. The number of benzene rings is 1. The Morgan fingerprint density at radius 2 is 1.83 bits per heavy atom. The van der Waals surface area contributed by atoms with Crippen LogP contribution in [0.5, 0.6) is 0 Å². The quantitative estimate of drug-likeness (QED) is 0.721. The fraction of sp³-hybridized carbons (Fsp3) is 0.222. The average molecular weight is 322 g/mol. The first kappa shape index (κ1) is 15.9. The summed E-state index contributed by atoms with van der Waals surface area (Å²) in [5, 5.41) is 3.95. The van der Waals surface area contributed by atoms with Crippen LogP contribution in [-0.2, 0) is 0 Å². The molecule has 1 aromatic carbocycles. The van der Waals surface area contributed by atoms with Crippen molar-refractivity contribution in [3.05, 3.63) is 54.2 Å². The Kier molecular flexibility index (Phi) is 4.65. The van der Waals surface area contributed by atoms with Crippen molar-refractivity contribution in [1.82, 2.24) is 20.0 Å². The maximum absolute atomic E-state index is 12.3. The predicted octanol–water partition coefficient (Wildman–Crippen LogP) is 3.28. The summed E-state index contributed by atoms with van der Waals surface area (Å²) in [6.45, 7) is 5.31. The number of hydrogen-bond acceptors (Lipinski definition) is 5. The highest BCUT2D eigenvalue weighted by Gasteiger charge is 2.14. The average Bonchev–Trinajstić information content (AvgIpc) is 3.14. The van der Waals surface area contributed by atoms with Gasteiger partial charge in [0.15, 0.2) is 0 Å². The molecule has 0 aliphatic heterocycles. The second kappa shape index (κ2) is 7.04. The van der Waals surface area contributed by atoms with Gasteiger partial charge in [-0.2, -0.15) is 4.98 Å². The Morgan fingerprint density at radius 3 is 2.46 bits per heavy atom. The van der Waals surface area contributed by atoms with E-state index < -0.39 is 0 Å². The van der Waals surface area contributed by atoms with Crippen LogP contribution in [0.1, 0.15) is 24.2 Å². The molecule has 0 saturated carbocycles. The van der Waals surface area contributed by atoms with E-state index in [1.807, 2.05) is 44.2 Å². The Labute approximate surface area is 140 Å². The summed E-state index contributed by atoms with van der Waals surface area (Å²) in [5.74, 6) is 0.859. The summed E-state index contributed by atoms with van der Waals surface area (Å²) in [6.07, 6.45) is 1.68.